The fraction of sp³-hybridized carbons (Fsp3) is 0.500. The Bertz CT molecular complexity index is 436. The Labute approximate surface area is 107 Å². The lowest BCUT2D eigenvalue weighted by molar-refractivity contribution is 0.612. The van der Waals surface area contributed by atoms with E-state index in [0.717, 1.165) is 12.2 Å². The van der Waals surface area contributed by atoms with Crippen molar-refractivity contribution in [1.29, 1.82) is 5.41 Å². The molecule has 0 heterocycles. The van der Waals surface area contributed by atoms with E-state index in [1.165, 1.54) is 28.9 Å². The summed E-state index contributed by atoms with van der Waals surface area (Å²) in [5, 5.41) is 7.41. The van der Waals surface area contributed by atoms with Crippen molar-refractivity contribution in [1.82, 2.24) is 0 Å². The van der Waals surface area contributed by atoms with Crippen LogP contribution in [0.25, 0.3) is 0 Å². The quantitative estimate of drug-likeness (QED) is 0.476. The van der Waals surface area contributed by atoms with E-state index < -0.39 is 0 Å². The highest BCUT2D eigenvalue weighted by Gasteiger charge is 2.42. The number of hydrogen-bond donors (Lipinski definition) is 2. The summed E-state index contributed by atoms with van der Waals surface area (Å²) in [6.45, 7) is 4.29. The Hall–Kier alpha value is -0.960. The average Bonchev–Trinajstić information content (AvgIpc) is 2.96. The molecule has 0 aromatic heterocycles. The van der Waals surface area contributed by atoms with Gasteiger partial charge in [0.2, 0.25) is 0 Å². The molecule has 3 heteroatoms. The molecule has 1 aromatic carbocycles. The maximum absolute atomic E-state index is 7.41. The minimum absolute atomic E-state index is 0.327. The fourth-order valence-corrected chi connectivity index (χ4v) is 3.45. The van der Waals surface area contributed by atoms with Crippen molar-refractivity contribution < 1.29 is 0 Å². The molecular weight excluding hydrogens is 228 g/mol. The van der Waals surface area contributed by atoms with Gasteiger partial charge in [-0.1, -0.05) is 17.7 Å². The Balaban J connectivity index is 1.96. The van der Waals surface area contributed by atoms with Crippen molar-refractivity contribution in [3.05, 3.63) is 29.3 Å². The first-order valence-electron chi connectivity index (χ1n) is 6.04. The molecule has 0 aliphatic heterocycles. The van der Waals surface area contributed by atoms with Crippen molar-refractivity contribution in [2.45, 2.75) is 38.0 Å². The molecule has 2 rings (SSSR count). The number of aryl methyl sites for hydroxylation is 2. The lowest BCUT2D eigenvalue weighted by Gasteiger charge is -2.14. The van der Waals surface area contributed by atoms with Crippen LogP contribution < -0.4 is 5.73 Å². The summed E-state index contributed by atoms with van der Waals surface area (Å²) in [6, 6.07) is 6.60. The van der Waals surface area contributed by atoms with Crippen LogP contribution in [-0.4, -0.2) is 11.6 Å². The minimum atomic E-state index is 0.327. The highest BCUT2D eigenvalue weighted by Crippen LogP contribution is 2.52. The maximum Gasteiger partial charge on any atom is 0.0911 e. The number of rotatable bonds is 5. The lowest BCUT2D eigenvalue weighted by atomic mass is 10.1. The molecule has 3 N–H and O–H groups in total. The van der Waals surface area contributed by atoms with Crippen LogP contribution in [0.4, 0.5) is 0 Å². The number of nitrogens with one attached hydrogen (secondary N) is 1. The topological polar surface area (TPSA) is 49.9 Å². The van der Waals surface area contributed by atoms with Crippen LogP contribution >= 0.6 is 11.8 Å². The van der Waals surface area contributed by atoms with Gasteiger partial charge in [0, 0.05) is 17.1 Å². The van der Waals surface area contributed by atoms with Crippen molar-refractivity contribution in [3.8, 4) is 0 Å². The van der Waals surface area contributed by atoms with Gasteiger partial charge in [-0.3, -0.25) is 5.41 Å². The fourth-order valence-electron chi connectivity index (χ4n) is 2.15. The zero-order chi connectivity index (χ0) is 12.5. The summed E-state index contributed by atoms with van der Waals surface area (Å²) in [4.78, 5) is 1.37. The van der Waals surface area contributed by atoms with E-state index in [1.54, 1.807) is 0 Å². The third-order valence-corrected chi connectivity index (χ3v) is 4.91. The van der Waals surface area contributed by atoms with E-state index in [1.807, 2.05) is 11.8 Å². The second-order valence-electron chi connectivity index (χ2n) is 5.26. The van der Waals surface area contributed by atoms with Gasteiger partial charge in [0.1, 0.15) is 0 Å². The summed E-state index contributed by atoms with van der Waals surface area (Å²) in [7, 11) is 0. The van der Waals surface area contributed by atoms with E-state index in [-0.39, 0.29) is 0 Å². The molecule has 0 atom stereocenters. The van der Waals surface area contributed by atoms with Crippen LogP contribution in [0.5, 0.6) is 0 Å². The normalized spacial score (nSPS) is 16.8. The summed E-state index contributed by atoms with van der Waals surface area (Å²) in [6.07, 6.45) is 3.22. The first-order valence-corrected chi connectivity index (χ1v) is 7.02. The minimum Gasteiger partial charge on any atom is -0.388 e. The van der Waals surface area contributed by atoms with Crippen LogP contribution in [0, 0.1) is 24.7 Å². The van der Waals surface area contributed by atoms with Crippen LogP contribution in [0.1, 0.15) is 30.4 Å². The third kappa shape index (κ3) is 3.25. The molecule has 1 aromatic rings. The molecule has 1 fully saturated rings. The molecule has 0 amide bonds. The molecule has 1 aliphatic rings. The van der Waals surface area contributed by atoms with Gasteiger partial charge in [-0.05, 0) is 43.7 Å². The summed E-state index contributed by atoms with van der Waals surface area (Å²) in [5.41, 5.74) is 8.51. The molecule has 0 bridgehead atoms. The number of hydrogen-bond acceptors (Lipinski definition) is 2. The monoisotopic (exact) mass is 248 g/mol. The van der Waals surface area contributed by atoms with E-state index in [2.05, 4.69) is 32.0 Å². The molecule has 0 unspecified atom stereocenters. The molecule has 1 saturated carbocycles. The molecule has 0 radical (unpaired) electrons. The van der Waals surface area contributed by atoms with Crippen LogP contribution in [0.2, 0.25) is 0 Å². The lowest BCUT2D eigenvalue weighted by Crippen LogP contribution is -2.18. The molecule has 92 valence electrons. The van der Waals surface area contributed by atoms with E-state index in [0.29, 0.717) is 11.3 Å². The number of amidine groups is 1. The van der Waals surface area contributed by atoms with Gasteiger partial charge >= 0.3 is 0 Å². The molecule has 0 spiro atoms. The number of thioether (sulfide) groups is 1. The zero-order valence-electron chi connectivity index (χ0n) is 10.5. The smallest absolute Gasteiger partial charge is 0.0911 e. The summed E-state index contributed by atoms with van der Waals surface area (Å²) in [5.74, 6) is 1.43. The summed E-state index contributed by atoms with van der Waals surface area (Å²) >= 11 is 1.91. The van der Waals surface area contributed by atoms with Gasteiger partial charge in [0.15, 0.2) is 0 Å². The second kappa shape index (κ2) is 4.73. The van der Waals surface area contributed by atoms with Gasteiger partial charge < -0.3 is 5.73 Å². The number of benzene rings is 1. The van der Waals surface area contributed by atoms with Gasteiger partial charge in [0.25, 0.3) is 0 Å². The number of nitrogens with two attached hydrogens (primary N) is 1. The van der Waals surface area contributed by atoms with Gasteiger partial charge in [-0.2, -0.15) is 0 Å². The highest BCUT2D eigenvalue weighted by molar-refractivity contribution is 7.99. The Morgan fingerprint density at radius 1 is 1.41 bits per heavy atom. The molecule has 17 heavy (non-hydrogen) atoms. The SMILES string of the molecule is Cc1ccc(SCC2(CC(=N)N)CC2)c(C)c1. The van der Waals surface area contributed by atoms with E-state index >= 15 is 0 Å². The third-order valence-electron chi connectivity index (χ3n) is 3.39. The molecular formula is C14H20N2S. The van der Waals surface area contributed by atoms with Crippen molar-refractivity contribution >= 4 is 17.6 Å². The van der Waals surface area contributed by atoms with Crippen LogP contribution in [-0.2, 0) is 0 Å². The Morgan fingerprint density at radius 2 is 2.12 bits per heavy atom. The van der Waals surface area contributed by atoms with Crippen molar-refractivity contribution in [2.24, 2.45) is 11.1 Å². The zero-order valence-corrected chi connectivity index (χ0v) is 11.4. The Morgan fingerprint density at radius 3 is 2.65 bits per heavy atom. The van der Waals surface area contributed by atoms with Crippen molar-refractivity contribution in [2.75, 3.05) is 5.75 Å². The van der Waals surface area contributed by atoms with Crippen molar-refractivity contribution in [3.63, 3.8) is 0 Å². The van der Waals surface area contributed by atoms with Gasteiger partial charge in [-0.25, -0.2) is 0 Å². The average molecular weight is 248 g/mol. The van der Waals surface area contributed by atoms with E-state index in [9.17, 15) is 0 Å². The first-order chi connectivity index (χ1) is 8.01. The Kier molecular flexibility index (Phi) is 3.48. The molecule has 0 saturated heterocycles. The van der Waals surface area contributed by atoms with E-state index in [4.69, 9.17) is 11.1 Å². The molecule has 1 aliphatic carbocycles. The first kappa shape index (κ1) is 12.5. The van der Waals surface area contributed by atoms with Gasteiger partial charge in [-0.15, -0.1) is 11.8 Å². The van der Waals surface area contributed by atoms with Crippen LogP contribution in [0.3, 0.4) is 0 Å². The standard InChI is InChI=1S/C14H20N2S/c1-10-3-4-12(11(2)7-10)17-9-14(5-6-14)8-13(15)16/h3-4,7H,5-6,8-9H2,1-2H3,(H3,15,16). The molecule has 2 nitrogen and oxygen atoms in total. The summed E-state index contributed by atoms with van der Waals surface area (Å²) < 4.78 is 0. The highest BCUT2D eigenvalue weighted by atomic mass is 32.2. The van der Waals surface area contributed by atoms with Gasteiger partial charge in [0.05, 0.1) is 5.84 Å². The largest absolute Gasteiger partial charge is 0.388 e. The predicted octanol–water partition coefficient (Wildman–Crippen LogP) is 3.50. The maximum atomic E-state index is 7.41. The van der Waals surface area contributed by atoms with Crippen LogP contribution in [0.15, 0.2) is 23.1 Å². The second-order valence-corrected chi connectivity index (χ2v) is 6.28. The predicted molar refractivity (Wildman–Crippen MR) is 74.8 cm³/mol.